The van der Waals surface area contributed by atoms with Crippen LogP contribution in [0.4, 0.5) is 0 Å². The Bertz CT molecular complexity index is 4250. The van der Waals surface area contributed by atoms with Gasteiger partial charge in [0.1, 0.15) is 0 Å². The zero-order valence-electron chi connectivity index (χ0n) is 37.2. The molecule has 0 unspecified atom stereocenters. The highest BCUT2D eigenvalue weighted by molar-refractivity contribution is 7.26. The van der Waals surface area contributed by atoms with Crippen molar-refractivity contribution in [2.75, 3.05) is 0 Å². The number of benzene rings is 10. The second-order valence-electron chi connectivity index (χ2n) is 17.6. The predicted molar refractivity (Wildman–Crippen MR) is 289 cm³/mol. The van der Waals surface area contributed by atoms with E-state index in [2.05, 4.69) is 228 Å². The third-order valence-electron chi connectivity index (χ3n) is 13.6. The summed E-state index contributed by atoms with van der Waals surface area (Å²) in [5.41, 5.74) is 14.3. The summed E-state index contributed by atoms with van der Waals surface area (Å²) in [6.07, 6.45) is 0. The van der Waals surface area contributed by atoms with Gasteiger partial charge in [0.2, 0.25) is 0 Å². The molecule has 0 radical (unpaired) electrons. The molecule has 0 fully saturated rings. The van der Waals surface area contributed by atoms with Gasteiger partial charge in [-0.1, -0.05) is 164 Å². The van der Waals surface area contributed by atoms with Crippen molar-refractivity contribution in [2.24, 2.45) is 0 Å². The average molecular weight is 898 g/mol. The Morgan fingerprint density at radius 2 is 0.812 bits per heavy atom. The zero-order valence-corrected chi connectivity index (χ0v) is 38.0. The fourth-order valence-corrected chi connectivity index (χ4v) is 11.7. The Morgan fingerprint density at radius 3 is 1.51 bits per heavy atom. The molecule has 6 heteroatoms. The lowest BCUT2D eigenvalue weighted by Crippen LogP contribution is -2.01. The summed E-state index contributed by atoms with van der Waals surface area (Å²) in [6, 6.07) is 84.5. The van der Waals surface area contributed by atoms with Gasteiger partial charge in [-0.3, -0.25) is 0 Å². The van der Waals surface area contributed by atoms with Crippen LogP contribution < -0.4 is 0 Å². The van der Waals surface area contributed by atoms with Crippen LogP contribution >= 0.6 is 11.3 Å². The smallest absolute Gasteiger partial charge is 0.165 e. The summed E-state index contributed by atoms with van der Waals surface area (Å²) in [4.78, 5) is 16.2. The number of hydrogen-bond donors (Lipinski definition) is 0. The van der Waals surface area contributed by atoms with Crippen molar-refractivity contribution in [3.05, 3.63) is 237 Å². The number of hydrogen-bond acceptors (Lipinski definition) is 4. The summed E-state index contributed by atoms with van der Waals surface area (Å²) in [5.74, 6) is 1.86. The van der Waals surface area contributed by atoms with Crippen molar-refractivity contribution < 1.29 is 0 Å². The van der Waals surface area contributed by atoms with Gasteiger partial charge in [0.25, 0.3) is 0 Å². The van der Waals surface area contributed by atoms with E-state index in [-0.39, 0.29) is 0 Å². The number of thiophene rings is 1. The molecule has 0 amide bonds. The number of nitrogens with zero attached hydrogens (tertiary/aromatic N) is 5. The minimum absolute atomic E-state index is 0.618. The van der Waals surface area contributed by atoms with Crippen molar-refractivity contribution in [1.29, 1.82) is 0 Å². The maximum absolute atomic E-state index is 5.51. The van der Waals surface area contributed by atoms with Crippen LogP contribution in [-0.4, -0.2) is 24.1 Å². The summed E-state index contributed by atoms with van der Waals surface area (Å²) in [5, 5.41) is 7.10. The lowest BCUT2D eigenvalue weighted by atomic mass is 9.95. The Morgan fingerprint density at radius 1 is 0.290 bits per heavy atom. The molecule has 5 nitrogen and oxygen atoms in total. The van der Waals surface area contributed by atoms with Crippen LogP contribution in [0.15, 0.2) is 237 Å². The fraction of sp³-hybridized carbons (Fsp3) is 0. The molecule has 0 aliphatic heterocycles. The molecule has 0 spiro atoms. The van der Waals surface area contributed by atoms with E-state index >= 15 is 0 Å². The van der Waals surface area contributed by atoms with Crippen molar-refractivity contribution in [1.82, 2.24) is 24.1 Å². The molecule has 0 aliphatic rings. The Labute approximate surface area is 401 Å². The fourth-order valence-electron chi connectivity index (χ4n) is 10.5. The van der Waals surface area contributed by atoms with Crippen molar-refractivity contribution in [2.45, 2.75) is 0 Å². The molecular weight excluding hydrogens is 859 g/mol. The summed E-state index contributed by atoms with van der Waals surface area (Å²) in [6.45, 7) is 0. The first kappa shape index (κ1) is 39.2. The Balaban J connectivity index is 1.05. The zero-order chi connectivity index (χ0) is 45.4. The second-order valence-corrected chi connectivity index (χ2v) is 18.6. The molecule has 0 saturated carbocycles. The molecule has 322 valence electrons. The van der Waals surface area contributed by atoms with Crippen LogP contribution in [0.2, 0.25) is 0 Å². The highest BCUT2D eigenvalue weighted by Gasteiger charge is 2.23. The molecular formula is C63H39N5S. The van der Waals surface area contributed by atoms with E-state index < -0.39 is 0 Å². The first-order valence-electron chi connectivity index (χ1n) is 23.3. The molecule has 0 saturated heterocycles. The van der Waals surface area contributed by atoms with Gasteiger partial charge in [0.15, 0.2) is 17.5 Å². The van der Waals surface area contributed by atoms with Gasteiger partial charge in [0, 0.05) is 69.8 Å². The first-order chi connectivity index (χ1) is 34.2. The third kappa shape index (κ3) is 6.41. The maximum Gasteiger partial charge on any atom is 0.165 e. The summed E-state index contributed by atoms with van der Waals surface area (Å²) >= 11 is 1.80. The minimum atomic E-state index is 0.618. The van der Waals surface area contributed by atoms with Gasteiger partial charge in [-0.05, 0) is 95.1 Å². The van der Waals surface area contributed by atoms with Crippen molar-refractivity contribution >= 4 is 75.1 Å². The predicted octanol–water partition coefficient (Wildman–Crippen LogP) is 16.8. The largest absolute Gasteiger partial charge is 0.309 e. The quantitative estimate of drug-likeness (QED) is 0.160. The highest BCUT2D eigenvalue weighted by Crippen LogP contribution is 2.46. The van der Waals surface area contributed by atoms with E-state index in [0.29, 0.717) is 17.5 Å². The molecule has 4 heterocycles. The normalized spacial score (nSPS) is 11.8. The molecule has 0 N–H and O–H groups in total. The molecule has 4 aromatic heterocycles. The van der Waals surface area contributed by atoms with Crippen molar-refractivity contribution in [3.63, 3.8) is 0 Å². The lowest BCUT2D eigenvalue weighted by molar-refractivity contribution is 1.07. The second kappa shape index (κ2) is 15.8. The Kier molecular flexibility index (Phi) is 9.00. The van der Waals surface area contributed by atoms with Gasteiger partial charge >= 0.3 is 0 Å². The SMILES string of the molecule is c1ccc(-c2cccc(-c3cccc4sc5c(-c6nc(-c7ccccc7)nc(-c7ccc8c(c7)c7ccccc7n8-c7ccccc7)n6)cc(-n6c7ccccc7c7ccccc76)cc5c34)c2)cc1. The average Bonchev–Trinajstić information content (AvgIpc) is 4.09. The van der Waals surface area contributed by atoms with Gasteiger partial charge in [-0.15, -0.1) is 11.3 Å². The van der Waals surface area contributed by atoms with Gasteiger partial charge in [0.05, 0.1) is 22.1 Å². The van der Waals surface area contributed by atoms with E-state index in [0.717, 1.165) is 65.6 Å². The van der Waals surface area contributed by atoms with Crippen LogP contribution in [0.5, 0.6) is 0 Å². The number of para-hydroxylation sites is 4. The van der Waals surface area contributed by atoms with Gasteiger partial charge < -0.3 is 9.13 Å². The van der Waals surface area contributed by atoms with Crippen LogP contribution in [-0.2, 0) is 0 Å². The molecule has 10 aromatic carbocycles. The monoisotopic (exact) mass is 897 g/mol. The van der Waals surface area contributed by atoms with Crippen molar-refractivity contribution in [3.8, 4) is 67.8 Å². The van der Waals surface area contributed by atoms with Gasteiger partial charge in [-0.2, -0.15) is 0 Å². The molecule has 0 aliphatic carbocycles. The van der Waals surface area contributed by atoms with Crippen LogP contribution in [0.3, 0.4) is 0 Å². The molecule has 14 aromatic rings. The number of fused-ring (bicyclic) bond motifs is 9. The lowest BCUT2D eigenvalue weighted by Gasteiger charge is -2.14. The third-order valence-corrected chi connectivity index (χ3v) is 14.8. The van der Waals surface area contributed by atoms with Crippen LogP contribution in [0, 0.1) is 0 Å². The topological polar surface area (TPSA) is 48.5 Å². The number of aromatic nitrogens is 5. The molecule has 0 bridgehead atoms. The molecule has 0 atom stereocenters. The summed E-state index contributed by atoms with van der Waals surface area (Å²) < 4.78 is 7.07. The standard InChI is InChI=1S/C63H39N5S/c1-4-18-40(19-5-1)42-22-16-23-43(36-42)47-29-17-33-58-59(47)52-38-46(68-54-30-13-10-26-48(54)49-27-11-14-31-55(49)68)39-53(60(52)69-58)63-65-61(41-20-6-2-7-21-41)64-62(66-63)44-34-35-57-51(37-44)50-28-12-15-32-56(50)67(57)45-24-8-3-9-25-45/h1-39H. The highest BCUT2D eigenvalue weighted by atomic mass is 32.1. The minimum Gasteiger partial charge on any atom is -0.309 e. The molecule has 69 heavy (non-hydrogen) atoms. The van der Waals surface area contributed by atoms with E-state index in [9.17, 15) is 0 Å². The van der Waals surface area contributed by atoms with Crippen LogP contribution in [0.1, 0.15) is 0 Å². The maximum atomic E-state index is 5.51. The van der Waals surface area contributed by atoms with Crippen LogP contribution in [0.25, 0.3) is 132 Å². The van der Waals surface area contributed by atoms with Gasteiger partial charge in [-0.25, -0.2) is 15.0 Å². The Hall–Kier alpha value is -8.97. The summed E-state index contributed by atoms with van der Waals surface area (Å²) in [7, 11) is 0. The van der Waals surface area contributed by atoms with E-state index in [4.69, 9.17) is 15.0 Å². The van der Waals surface area contributed by atoms with E-state index in [1.54, 1.807) is 11.3 Å². The number of rotatable bonds is 7. The van der Waals surface area contributed by atoms with E-state index in [1.165, 1.54) is 48.5 Å². The first-order valence-corrected chi connectivity index (χ1v) is 24.1. The van der Waals surface area contributed by atoms with E-state index in [1.807, 2.05) is 18.2 Å². The molecule has 14 rings (SSSR count).